The molecule has 62 valence electrons. The average Bonchev–Trinajstić information content (AvgIpc) is 2.39. The normalized spacial score (nSPS) is 10.9. The van der Waals surface area contributed by atoms with Gasteiger partial charge < -0.3 is 0 Å². The lowest BCUT2D eigenvalue weighted by Crippen LogP contribution is -1.75. The number of hydrogen-bond donors (Lipinski definition) is 1. The zero-order valence-corrected chi connectivity index (χ0v) is 9.71. The first-order valence-electron chi connectivity index (χ1n) is 3.25. The zero-order valence-electron chi connectivity index (χ0n) is 5.84. The summed E-state index contributed by atoms with van der Waals surface area (Å²) in [6.45, 7) is 0. The van der Waals surface area contributed by atoms with Crippen molar-refractivity contribution in [1.82, 2.24) is 0 Å². The molecule has 2 rings (SSSR count). The highest BCUT2D eigenvalue weighted by atomic mass is 127. The Hall–Kier alpha value is 0.190. The van der Waals surface area contributed by atoms with Crippen molar-refractivity contribution < 1.29 is 4.39 Å². The van der Waals surface area contributed by atoms with E-state index in [0.717, 1.165) is 13.0 Å². The molecule has 0 saturated heterocycles. The first kappa shape index (κ1) is 8.77. The number of thiophene rings is 1. The predicted octanol–water partition coefficient (Wildman–Crippen LogP) is 3.93. The maximum atomic E-state index is 13.0. The highest BCUT2D eigenvalue weighted by Gasteiger charge is 2.06. The van der Waals surface area contributed by atoms with E-state index in [9.17, 15) is 4.39 Å². The van der Waals surface area contributed by atoms with Crippen LogP contribution < -0.4 is 0 Å². The average molecular weight is 310 g/mol. The number of rotatable bonds is 0. The van der Waals surface area contributed by atoms with Crippen molar-refractivity contribution in [2.24, 2.45) is 0 Å². The smallest absolute Gasteiger partial charge is 0.137 e. The zero-order chi connectivity index (χ0) is 8.72. The van der Waals surface area contributed by atoms with Crippen LogP contribution in [0.2, 0.25) is 0 Å². The number of halogens is 2. The van der Waals surface area contributed by atoms with Crippen LogP contribution in [0.1, 0.15) is 0 Å². The summed E-state index contributed by atoms with van der Waals surface area (Å²) < 4.78 is 15.1. The van der Waals surface area contributed by atoms with Gasteiger partial charge in [0.2, 0.25) is 0 Å². The molecular formula is C8H4FIS2. The van der Waals surface area contributed by atoms with Gasteiger partial charge in [0.1, 0.15) is 5.82 Å². The summed E-state index contributed by atoms with van der Waals surface area (Å²) in [5.41, 5.74) is 0. The summed E-state index contributed by atoms with van der Waals surface area (Å²) in [7, 11) is 0. The van der Waals surface area contributed by atoms with Gasteiger partial charge in [-0.15, -0.1) is 24.0 Å². The SMILES string of the molecule is Fc1ccc2cc(I)sc2c1S. The molecule has 0 unspecified atom stereocenters. The second kappa shape index (κ2) is 3.16. The lowest BCUT2D eigenvalue weighted by Gasteiger charge is -1.94. The highest BCUT2D eigenvalue weighted by molar-refractivity contribution is 14.1. The van der Waals surface area contributed by atoms with Crippen LogP contribution in [-0.2, 0) is 0 Å². The van der Waals surface area contributed by atoms with Crippen molar-refractivity contribution in [1.29, 1.82) is 0 Å². The predicted molar refractivity (Wildman–Crippen MR) is 61.8 cm³/mol. The standard InChI is InChI=1S/C8H4FIS2/c9-5-2-1-4-3-6(10)12-8(4)7(5)11/h1-3,11H. The number of thiol groups is 1. The van der Waals surface area contributed by atoms with Crippen molar-refractivity contribution in [2.45, 2.75) is 4.90 Å². The van der Waals surface area contributed by atoms with Gasteiger partial charge in [-0.3, -0.25) is 0 Å². The largest absolute Gasteiger partial charge is 0.206 e. The van der Waals surface area contributed by atoms with Gasteiger partial charge in [-0.2, -0.15) is 0 Å². The Morgan fingerprint density at radius 3 is 2.92 bits per heavy atom. The lowest BCUT2D eigenvalue weighted by atomic mass is 10.2. The highest BCUT2D eigenvalue weighted by Crippen LogP contribution is 2.32. The number of benzene rings is 1. The van der Waals surface area contributed by atoms with E-state index in [-0.39, 0.29) is 5.82 Å². The first-order chi connectivity index (χ1) is 5.68. The van der Waals surface area contributed by atoms with E-state index >= 15 is 0 Å². The van der Waals surface area contributed by atoms with Crippen LogP contribution >= 0.6 is 46.6 Å². The van der Waals surface area contributed by atoms with Crippen LogP contribution in [0.25, 0.3) is 10.1 Å². The Morgan fingerprint density at radius 1 is 1.42 bits per heavy atom. The van der Waals surface area contributed by atoms with Crippen molar-refractivity contribution in [2.75, 3.05) is 0 Å². The van der Waals surface area contributed by atoms with E-state index in [1.54, 1.807) is 17.4 Å². The molecule has 1 aromatic carbocycles. The number of fused-ring (bicyclic) bond motifs is 1. The molecule has 12 heavy (non-hydrogen) atoms. The summed E-state index contributed by atoms with van der Waals surface area (Å²) >= 11 is 7.90. The van der Waals surface area contributed by atoms with Gasteiger partial charge in [0.15, 0.2) is 0 Å². The summed E-state index contributed by atoms with van der Waals surface area (Å²) in [5, 5.41) is 1.07. The molecule has 0 aliphatic carbocycles. The molecule has 0 nitrogen and oxygen atoms in total. The van der Waals surface area contributed by atoms with Gasteiger partial charge in [0, 0.05) is 0 Å². The fourth-order valence-corrected chi connectivity index (χ4v) is 3.19. The maximum absolute atomic E-state index is 13.0. The summed E-state index contributed by atoms with van der Waals surface area (Å²) in [6.07, 6.45) is 0. The molecule has 0 aliphatic heterocycles. The molecule has 0 radical (unpaired) electrons. The molecule has 0 spiro atoms. The maximum Gasteiger partial charge on any atom is 0.137 e. The minimum Gasteiger partial charge on any atom is -0.206 e. The van der Waals surface area contributed by atoms with E-state index in [0.29, 0.717) is 4.90 Å². The fraction of sp³-hybridized carbons (Fsp3) is 0. The van der Waals surface area contributed by atoms with E-state index in [1.165, 1.54) is 6.07 Å². The lowest BCUT2D eigenvalue weighted by molar-refractivity contribution is 0.607. The monoisotopic (exact) mass is 310 g/mol. The van der Waals surface area contributed by atoms with Gasteiger partial charge in [0.05, 0.1) is 12.5 Å². The van der Waals surface area contributed by atoms with Crippen LogP contribution in [0.5, 0.6) is 0 Å². The van der Waals surface area contributed by atoms with Crippen LogP contribution in [-0.4, -0.2) is 0 Å². The second-order valence-corrected chi connectivity index (χ2v) is 5.76. The molecule has 0 aliphatic rings. The van der Waals surface area contributed by atoms with E-state index in [1.807, 2.05) is 6.07 Å². The van der Waals surface area contributed by atoms with Crippen LogP contribution in [0.15, 0.2) is 23.1 Å². The van der Waals surface area contributed by atoms with Crippen LogP contribution in [0.3, 0.4) is 0 Å². The summed E-state index contributed by atoms with van der Waals surface area (Å²) in [5.74, 6) is -0.246. The third kappa shape index (κ3) is 1.36. The van der Waals surface area contributed by atoms with Gasteiger partial charge in [-0.25, -0.2) is 4.39 Å². The van der Waals surface area contributed by atoms with Gasteiger partial charge in [0.25, 0.3) is 0 Å². The molecule has 0 bridgehead atoms. The Bertz CT molecular complexity index is 436. The third-order valence-electron chi connectivity index (χ3n) is 1.58. The fourth-order valence-electron chi connectivity index (χ4n) is 1.03. The Morgan fingerprint density at radius 2 is 2.17 bits per heavy atom. The molecule has 4 heteroatoms. The molecule has 0 N–H and O–H groups in total. The molecule has 0 amide bonds. The molecule has 1 aromatic heterocycles. The molecular weight excluding hydrogens is 306 g/mol. The van der Waals surface area contributed by atoms with Gasteiger partial charge in [-0.05, 0) is 40.1 Å². The quantitative estimate of drug-likeness (QED) is 0.553. The van der Waals surface area contributed by atoms with Crippen molar-refractivity contribution in [3.8, 4) is 0 Å². The third-order valence-corrected chi connectivity index (χ3v) is 4.10. The number of hydrogen-bond acceptors (Lipinski definition) is 2. The minimum atomic E-state index is -0.246. The van der Waals surface area contributed by atoms with Crippen molar-refractivity contribution in [3.63, 3.8) is 0 Å². The second-order valence-electron chi connectivity index (χ2n) is 2.36. The van der Waals surface area contributed by atoms with Crippen LogP contribution in [0, 0.1) is 8.70 Å². The van der Waals surface area contributed by atoms with Crippen molar-refractivity contribution in [3.05, 3.63) is 26.9 Å². The topological polar surface area (TPSA) is 0 Å². The Balaban J connectivity index is 2.89. The molecule has 0 atom stereocenters. The van der Waals surface area contributed by atoms with E-state index in [2.05, 4.69) is 35.2 Å². The Labute approximate surface area is 92.3 Å². The minimum absolute atomic E-state index is 0.246. The summed E-state index contributed by atoms with van der Waals surface area (Å²) in [4.78, 5) is 0.459. The molecule has 0 saturated carbocycles. The molecule has 2 aromatic rings. The van der Waals surface area contributed by atoms with E-state index < -0.39 is 0 Å². The summed E-state index contributed by atoms with van der Waals surface area (Å²) in [6, 6.07) is 5.26. The van der Waals surface area contributed by atoms with E-state index in [4.69, 9.17) is 0 Å². The van der Waals surface area contributed by atoms with Crippen LogP contribution in [0.4, 0.5) is 4.39 Å². The molecule has 0 fully saturated rings. The first-order valence-corrected chi connectivity index (χ1v) is 5.59. The van der Waals surface area contributed by atoms with Gasteiger partial charge in [-0.1, -0.05) is 6.07 Å². The molecule has 1 heterocycles. The van der Waals surface area contributed by atoms with Crippen molar-refractivity contribution >= 4 is 56.6 Å². The van der Waals surface area contributed by atoms with Gasteiger partial charge >= 0.3 is 0 Å². The Kier molecular flexibility index (Phi) is 2.31.